The smallest absolute Gasteiger partial charge is 0.387 e. The molecule has 30 nitrogen and oxygen atoms in total. The summed E-state index contributed by atoms with van der Waals surface area (Å²) < 4.78 is 68.9. The number of thioether (sulfide) groups is 1. The van der Waals surface area contributed by atoms with Crippen LogP contribution in [0.3, 0.4) is 0 Å². The maximum absolute atomic E-state index is 13.2. The molecule has 3 fully saturated rings. The number of hydrogen-bond donors (Lipinski definition) is 13. The number of imidazole rings is 1. The Morgan fingerprint density at radius 3 is 2.20 bits per heavy atom. The number of unbranched alkanes of at least 4 members (excludes halogenated alkanes) is 1. The second kappa shape index (κ2) is 25.9. The lowest BCUT2D eigenvalue weighted by Gasteiger charge is -2.20. The molecular formula is C32H56N9O21P3S. The van der Waals surface area contributed by atoms with Crippen molar-refractivity contribution in [1.82, 2.24) is 36.1 Å². The van der Waals surface area contributed by atoms with Gasteiger partial charge in [0.2, 0.25) is 11.8 Å². The molecule has 14 N–H and O–H groups in total. The van der Waals surface area contributed by atoms with Gasteiger partial charge in [-0.1, -0.05) is 6.42 Å². The van der Waals surface area contributed by atoms with Crippen LogP contribution in [0, 0.1) is 0 Å². The molecule has 1 aromatic rings. The summed E-state index contributed by atoms with van der Waals surface area (Å²) in [5.41, 5.74) is 4.78. The Hall–Kier alpha value is -3.32. The SMILES string of the molecule is C[C@@H](CC(=O)NCCOCCOCCOCCNC(=O)CCCC[C@@H]1SC[C@H]2NC(=O)N[C@@H]12)NC(=O)c1ncn([C@@H]2O[C@H](COP(=O)(O)OP(=O)(O)OP(=O)(O)O)[C@H](O)C2O)c1NC(N)=O. The van der Waals surface area contributed by atoms with Crippen LogP contribution in [-0.4, -0.2) is 176 Å². The third-order valence-corrected chi connectivity index (χ3v) is 14.8. The molecule has 4 rings (SSSR count). The van der Waals surface area contributed by atoms with Crippen LogP contribution in [0.4, 0.5) is 15.4 Å². The number of primary amides is 1. The highest BCUT2D eigenvalue weighted by molar-refractivity contribution is 8.00. The summed E-state index contributed by atoms with van der Waals surface area (Å²) in [6.45, 7) is 2.49. The first-order chi connectivity index (χ1) is 31.0. The molecule has 1 aromatic heterocycles. The average Bonchev–Trinajstić information content (AvgIpc) is 3.95. The Bertz CT molecular complexity index is 1970. The van der Waals surface area contributed by atoms with Gasteiger partial charge in [0, 0.05) is 43.0 Å². The molecule has 3 saturated heterocycles. The molecular weight excluding hydrogens is 971 g/mol. The molecule has 34 heteroatoms. The summed E-state index contributed by atoms with van der Waals surface area (Å²) in [4.78, 5) is 101. The van der Waals surface area contributed by atoms with Crippen LogP contribution in [0.5, 0.6) is 0 Å². The van der Waals surface area contributed by atoms with E-state index in [0.29, 0.717) is 38.0 Å². The molecule has 0 saturated carbocycles. The van der Waals surface area contributed by atoms with E-state index < -0.39 is 90.0 Å². The monoisotopic (exact) mass is 1030 g/mol. The summed E-state index contributed by atoms with van der Waals surface area (Å²) in [6, 6.07) is -1.76. The van der Waals surface area contributed by atoms with E-state index in [0.717, 1.165) is 35.9 Å². The Morgan fingerprint density at radius 1 is 0.924 bits per heavy atom. The molecule has 0 spiro atoms. The minimum atomic E-state index is -5.85. The molecule has 0 bridgehead atoms. The van der Waals surface area contributed by atoms with Crippen molar-refractivity contribution in [2.75, 3.05) is 70.4 Å². The van der Waals surface area contributed by atoms with Gasteiger partial charge in [0.05, 0.1) is 64.7 Å². The molecule has 3 aliphatic rings. The van der Waals surface area contributed by atoms with E-state index in [9.17, 15) is 57.7 Å². The molecule has 376 valence electrons. The van der Waals surface area contributed by atoms with Gasteiger partial charge in [-0.05, 0) is 19.8 Å². The van der Waals surface area contributed by atoms with Crippen molar-refractivity contribution >= 4 is 70.8 Å². The van der Waals surface area contributed by atoms with Crippen molar-refractivity contribution in [1.29, 1.82) is 0 Å². The van der Waals surface area contributed by atoms with Crippen LogP contribution in [0.2, 0.25) is 0 Å². The van der Waals surface area contributed by atoms with E-state index in [1.54, 1.807) is 0 Å². The predicted octanol–water partition coefficient (Wildman–Crippen LogP) is -2.15. The number of rotatable bonds is 30. The fourth-order valence-electron chi connectivity index (χ4n) is 6.65. The van der Waals surface area contributed by atoms with E-state index in [4.69, 9.17) is 34.5 Å². The van der Waals surface area contributed by atoms with Crippen molar-refractivity contribution in [2.24, 2.45) is 5.73 Å². The highest BCUT2D eigenvalue weighted by Crippen LogP contribution is 2.66. The maximum atomic E-state index is 13.2. The fourth-order valence-corrected chi connectivity index (χ4v) is 11.2. The van der Waals surface area contributed by atoms with Crippen molar-refractivity contribution in [3.63, 3.8) is 0 Å². The zero-order valence-corrected chi connectivity index (χ0v) is 38.8. The average molecular weight is 1030 g/mol. The van der Waals surface area contributed by atoms with E-state index in [2.05, 4.69) is 50.0 Å². The number of ether oxygens (including phenoxy) is 4. The highest BCUT2D eigenvalue weighted by Gasteiger charge is 2.48. The minimum absolute atomic E-state index is 0.0400. The van der Waals surface area contributed by atoms with Crippen LogP contribution in [0.15, 0.2) is 6.33 Å². The number of nitrogens with two attached hydrogens (primary N) is 1. The van der Waals surface area contributed by atoms with Crippen molar-refractivity contribution in [2.45, 2.75) is 86.9 Å². The van der Waals surface area contributed by atoms with Gasteiger partial charge in [0.25, 0.3) is 5.91 Å². The van der Waals surface area contributed by atoms with Crippen LogP contribution < -0.4 is 37.6 Å². The molecule has 0 aromatic carbocycles. The van der Waals surface area contributed by atoms with E-state index in [-0.39, 0.29) is 56.8 Å². The number of carbonyl (C=O) groups excluding carboxylic acids is 5. The number of aromatic nitrogens is 2. The van der Waals surface area contributed by atoms with E-state index in [1.807, 2.05) is 11.8 Å². The molecule has 3 aliphatic heterocycles. The number of phosphoric ester groups is 1. The van der Waals surface area contributed by atoms with Gasteiger partial charge in [-0.2, -0.15) is 20.4 Å². The Labute approximate surface area is 380 Å². The fraction of sp³-hybridized carbons (Fsp3) is 0.750. The quantitative estimate of drug-likeness (QED) is 0.0222. The molecule has 10 atom stereocenters. The number of phosphoric acid groups is 3. The molecule has 4 heterocycles. The van der Waals surface area contributed by atoms with Gasteiger partial charge in [-0.15, -0.1) is 0 Å². The molecule has 0 aliphatic carbocycles. The van der Waals surface area contributed by atoms with Gasteiger partial charge in [0.15, 0.2) is 11.9 Å². The zero-order chi connectivity index (χ0) is 48.7. The lowest BCUT2D eigenvalue weighted by molar-refractivity contribution is -0.122. The predicted molar refractivity (Wildman–Crippen MR) is 225 cm³/mol. The number of nitrogens with one attached hydrogen (secondary N) is 6. The maximum Gasteiger partial charge on any atom is 0.490 e. The molecule has 66 heavy (non-hydrogen) atoms. The van der Waals surface area contributed by atoms with Crippen LogP contribution >= 0.6 is 35.2 Å². The number of carbonyl (C=O) groups is 5. The van der Waals surface area contributed by atoms with Crippen LogP contribution in [0.25, 0.3) is 0 Å². The van der Waals surface area contributed by atoms with Gasteiger partial charge >= 0.3 is 35.5 Å². The number of aliphatic hydroxyl groups is 2. The lowest BCUT2D eigenvalue weighted by atomic mass is 10.0. The third-order valence-electron chi connectivity index (χ3n) is 9.51. The molecule has 3 unspecified atom stereocenters. The Kier molecular flexibility index (Phi) is 21.7. The van der Waals surface area contributed by atoms with Crippen LogP contribution in [0.1, 0.15) is 55.7 Å². The number of amides is 7. The standard InChI is InChI=1S/C32H56N9O21P3S/c1-18(14-23(43)35-7-9-57-11-13-58-12-10-56-8-6-34-22(42)5-3-2-4-21-24-19(16-66-21)38-32(48)39-24)37-29(46)25-28(40-31(33)47)41(17-36-25)30-27(45)26(44)20(60-30)15-59-64(52,53)62-65(54,55)61-63(49,50)51/h17-21,24,26-27,30,44-45H,2-16H2,1H3,(H,34,42)(H,35,43)(H,37,46)(H,52,53)(H,54,55)(H3,33,40,47)(H2,38,39,48)(H2,49,50,51)/t18-,19+,20+,21-,24+,26-,27?,30+/m0/s1. The van der Waals surface area contributed by atoms with Crippen molar-refractivity contribution < 1.29 is 99.5 Å². The summed E-state index contributed by atoms with van der Waals surface area (Å²) in [5, 5.41) is 37.5. The Balaban J connectivity index is 1.05. The van der Waals surface area contributed by atoms with E-state index in [1.165, 1.54) is 6.92 Å². The highest BCUT2D eigenvalue weighted by atomic mass is 32.2. The van der Waals surface area contributed by atoms with Gasteiger partial charge in [0.1, 0.15) is 24.1 Å². The summed E-state index contributed by atoms with van der Waals surface area (Å²) in [5.74, 6) is -0.963. The van der Waals surface area contributed by atoms with Gasteiger partial charge in [-0.3, -0.25) is 28.8 Å². The molecule has 0 radical (unpaired) electrons. The largest absolute Gasteiger partial charge is 0.490 e. The second-order valence-corrected chi connectivity index (χ2v) is 20.4. The number of aliphatic hydroxyl groups excluding tert-OH is 2. The van der Waals surface area contributed by atoms with E-state index >= 15 is 0 Å². The van der Waals surface area contributed by atoms with Crippen LogP contribution in [-0.2, 0) is 55.4 Å². The third kappa shape index (κ3) is 18.6. The first-order valence-electron chi connectivity index (χ1n) is 20.2. The first-order valence-corrected chi connectivity index (χ1v) is 25.8. The number of nitrogens with zero attached hydrogens (tertiary/aromatic N) is 2. The zero-order valence-electron chi connectivity index (χ0n) is 35.3. The normalized spacial score (nSPS) is 24.9. The molecule has 7 amide bonds. The second-order valence-electron chi connectivity index (χ2n) is 14.8. The number of hydrogen-bond acceptors (Lipinski definition) is 19. The minimum Gasteiger partial charge on any atom is -0.387 e. The Morgan fingerprint density at radius 2 is 1.56 bits per heavy atom. The van der Waals surface area contributed by atoms with Gasteiger partial charge in [-0.25, -0.2) is 28.3 Å². The topological polar surface area (TPSA) is 439 Å². The number of urea groups is 2. The lowest BCUT2D eigenvalue weighted by Crippen LogP contribution is -2.38. The van der Waals surface area contributed by atoms with Gasteiger partial charge < -0.3 is 81.1 Å². The summed E-state index contributed by atoms with van der Waals surface area (Å²) in [7, 11) is -17.2. The number of anilines is 1. The first kappa shape index (κ1) is 55.3. The van der Waals surface area contributed by atoms with Crippen molar-refractivity contribution in [3.05, 3.63) is 12.0 Å². The number of fused-ring (bicyclic) bond motifs is 1. The summed E-state index contributed by atoms with van der Waals surface area (Å²) in [6.07, 6.45) is -3.48. The van der Waals surface area contributed by atoms with Crippen molar-refractivity contribution in [3.8, 4) is 0 Å². The summed E-state index contributed by atoms with van der Waals surface area (Å²) >= 11 is 1.85.